The molecule has 0 radical (unpaired) electrons. The lowest BCUT2D eigenvalue weighted by atomic mass is 10.1. The fourth-order valence-corrected chi connectivity index (χ4v) is 1.89. The van der Waals surface area contributed by atoms with E-state index in [0.29, 0.717) is 5.88 Å². The van der Waals surface area contributed by atoms with E-state index in [1.807, 2.05) is 18.2 Å². The van der Waals surface area contributed by atoms with Gasteiger partial charge in [-0.1, -0.05) is 43.7 Å². The van der Waals surface area contributed by atoms with Crippen LogP contribution in [0.3, 0.4) is 0 Å². The number of rotatable bonds is 9. The molecule has 1 rings (SSSR count). The van der Waals surface area contributed by atoms with Crippen LogP contribution in [-0.4, -0.2) is 25.6 Å². The Morgan fingerprint density at radius 2 is 2.00 bits per heavy atom. The van der Waals surface area contributed by atoms with Gasteiger partial charge in [0.25, 0.3) is 0 Å². The normalized spacial score (nSPS) is 12.6. The first-order valence-corrected chi connectivity index (χ1v) is 6.84. The zero-order chi connectivity index (χ0) is 12.3. The van der Waals surface area contributed by atoms with E-state index in [9.17, 15) is 0 Å². The highest BCUT2D eigenvalue weighted by molar-refractivity contribution is 6.18. The van der Waals surface area contributed by atoms with Gasteiger partial charge in [0, 0.05) is 25.1 Å². The van der Waals surface area contributed by atoms with Crippen molar-refractivity contribution in [2.75, 3.05) is 25.6 Å². The second-order valence-corrected chi connectivity index (χ2v) is 4.35. The molecule has 0 aromatic heterocycles. The molecule has 0 spiro atoms. The third kappa shape index (κ3) is 6.06. The van der Waals surface area contributed by atoms with Gasteiger partial charge in [-0.25, -0.2) is 0 Å². The molecule has 0 amide bonds. The average Bonchev–Trinajstić information content (AvgIpc) is 2.39. The molecule has 17 heavy (non-hydrogen) atoms. The first-order valence-electron chi connectivity index (χ1n) is 6.30. The van der Waals surface area contributed by atoms with Crippen molar-refractivity contribution in [1.82, 2.24) is 5.32 Å². The number of alkyl halides is 1. The van der Waals surface area contributed by atoms with E-state index in [0.717, 1.165) is 26.2 Å². The smallest absolute Gasteiger partial charge is 0.0591 e. The minimum atomic E-state index is 0.215. The predicted molar refractivity (Wildman–Crippen MR) is 73.6 cm³/mol. The molecule has 0 fully saturated rings. The zero-order valence-corrected chi connectivity index (χ0v) is 11.2. The first-order chi connectivity index (χ1) is 8.38. The number of unbranched alkanes of at least 4 members (excludes halogenated alkanes) is 1. The third-order valence-electron chi connectivity index (χ3n) is 2.64. The molecule has 0 aliphatic rings. The van der Waals surface area contributed by atoms with Gasteiger partial charge in [0.2, 0.25) is 0 Å². The molecule has 0 heterocycles. The Kier molecular flexibility index (Phi) is 8.06. The number of hydrogen-bond acceptors (Lipinski definition) is 2. The van der Waals surface area contributed by atoms with Crippen molar-refractivity contribution in [3.05, 3.63) is 35.9 Å². The van der Waals surface area contributed by atoms with Crippen LogP contribution in [0.15, 0.2) is 30.3 Å². The van der Waals surface area contributed by atoms with Crippen LogP contribution in [0, 0.1) is 0 Å². The molecule has 0 saturated carbocycles. The van der Waals surface area contributed by atoms with Crippen molar-refractivity contribution >= 4 is 11.6 Å². The number of nitrogens with one attached hydrogen (secondary N) is 1. The lowest BCUT2D eigenvalue weighted by Gasteiger charge is -2.16. The van der Waals surface area contributed by atoms with Crippen molar-refractivity contribution in [3.8, 4) is 0 Å². The number of hydrogen-bond donors (Lipinski definition) is 1. The molecule has 1 atom stereocenters. The molecule has 3 heteroatoms. The van der Waals surface area contributed by atoms with E-state index < -0.39 is 0 Å². The van der Waals surface area contributed by atoms with E-state index >= 15 is 0 Å². The Labute approximate surface area is 109 Å². The summed E-state index contributed by atoms with van der Waals surface area (Å²) >= 11 is 5.96. The van der Waals surface area contributed by atoms with Crippen molar-refractivity contribution < 1.29 is 4.74 Å². The molecular weight excluding hydrogens is 234 g/mol. The SMILES string of the molecule is CCCCOCCNC(CCl)c1ccccc1. The molecule has 1 aromatic rings. The number of benzene rings is 1. The lowest BCUT2D eigenvalue weighted by Crippen LogP contribution is -2.26. The van der Waals surface area contributed by atoms with Crippen LogP contribution in [0.2, 0.25) is 0 Å². The minimum Gasteiger partial charge on any atom is -0.380 e. The molecule has 1 N–H and O–H groups in total. The Morgan fingerprint density at radius 3 is 2.65 bits per heavy atom. The van der Waals surface area contributed by atoms with E-state index in [4.69, 9.17) is 16.3 Å². The van der Waals surface area contributed by atoms with E-state index in [2.05, 4.69) is 24.4 Å². The van der Waals surface area contributed by atoms with Crippen LogP contribution in [0.25, 0.3) is 0 Å². The van der Waals surface area contributed by atoms with E-state index in [1.165, 1.54) is 12.0 Å². The largest absolute Gasteiger partial charge is 0.380 e. The molecule has 2 nitrogen and oxygen atoms in total. The maximum absolute atomic E-state index is 5.96. The van der Waals surface area contributed by atoms with Gasteiger partial charge in [0.05, 0.1) is 6.61 Å². The molecule has 0 aliphatic heterocycles. The molecule has 1 unspecified atom stereocenters. The highest BCUT2D eigenvalue weighted by Gasteiger charge is 2.07. The molecular formula is C14H22ClNO. The molecule has 0 aliphatic carbocycles. The van der Waals surface area contributed by atoms with Gasteiger partial charge in [-0.05, 0) is 12.0 Å². The maximum Gasteiger partial charge on any atom is 0.0591 e. The first kappa shape index (κ1) is 14.5. The summed E-state index contributed by atoms with van der Waals surface area (Å²) in [7, 11) is 0. The fourth-order valence-electron chi connectivity index (χ4n) is 1.60. The molecule has 0 saturated heterocycles. The highest BCUT2D eigenvalue weighted by Crippen LogP contribution is 2.13. The fraction of sp³-hybridized carbons (Fsp3) is 0.571. The van der Waals surface area contributed by atoms with Crippen LogP contribution in [-0.2, 0) is 4.74 Å². The van der Waals surface area contributed by atoms with Crippen molar-refractivity contribution in [3.63, 3.8) is 0 Å². The summed E-state index contributed by atoms with van der Waals surface area (Å²) in [5.41, 5.74) is 1.23. The summed E-state index contributed by atoms with van der Waals surface area (Å²) < 4.78 is 5.50. The van der Waals surface area contributed by atoms with Gasteiger partial charge in [-0.15, -0.1) is 11.6 Å². The summed E-state index contributed by atoms with van der Waals surface area (Å²) in [4.78, 5) is 0. The molecule has 1 aromatic carbocycles. The summed E-state index contributed by atoms with van der Waals surface area (Å²) in [6, 6.07) is 10.5. The van der Waals surface area contributed by atoms with Crippen molar-refractivity contribution in [2.45, 2.75) is 25.8 Å². The maximum atomic E-state index is 5.96. The van der Waals surface area contributed by atoms with Gasteiger partial charge < -0.3 is 10.1 Å². The predicted octanol–water partition coefficient (Wildman–Crippen LogP) is 3.37. The number of halogens is 1. The quantitative estimate of drug-likeness (QED) is 0.540. The van der Waals surface area contributed by atoms with Crippen LogP contribution >= 0.6 is 11.6 Å². The highest BCUT2D eigenvalue weighted by atomic mass is 35.5. The van der Waals surface area contributed by atoms with Gasteiger partial charge in [0.1, 0.15) is 0 Å². The topological polar surface area (TPSA) is 21.3 Å². The summed E-state index contributed by atoms with van der Waals surface area (Å²) in [5.74, 6) is 0.582. The monoisotopic (exact) mass is 255 g/mol. The summed E-state index contributed by atoms with van der Waals surface area (Å²) in [6.45, 7) is 4.62. The Morgan fingerprint density at radius 1 is 1.24 bits per heavy atom. The van der Waals surface area contributed by atoms with Gasteiger partial charge in [-0.3, -0.25) is 0 Å². The third-order valence-corrected chi connectivity index (χ3v) is 2.94. The standard InChI is InChI=1S/C14H22ClNO/c1-2-3-10-17-11-9-16-14(12-15)13-7-5-4-6-8-13/h4-8,14,16H,2-3,9-12H2,1H3. The summed E-state index contributed by atoms with van der Waals surface area (Å²) in [6.07, 6.45) is 2.32. The van der Waals surface area contributed by atoms with E-state index in [1.54, 1.807) is 0 Å². The Bertz CT molecular complexity index is 279. The van der Waals surface area contributed by atoms with Gasteiger partial charge in [-0.2, -0.15) is 0 Å². The van der Waals surface area contributed by atoms with Gasteiger partial charge in [0.15, 0.2) is 0 Å². The second kappa shape index (κ2) is 9.46. The van der Waals surface area contributed by atoms with Crippen LogP contribution in [0.5, 0.6) is 0 Å². The summed E-state index contributed by atoms with van der Waals surface area (Å²) in [5, 5.41) is 3.41. The Hall–Kier alpha value is -0.570. The minimum absolute atomic E-state index is 0.215. The van der Waals surface area contributed by atoms with Gasteiger partial charge >= 0.3 is 0 Å². The number of ether oxygens (including phenoxy) is 1. The van der Waals surface area contributed by atoms with Crippen LogP contribution < -0.4 is 5.32 Å². The zero-order valence-electron chi connectivity index (χ0n) is 10.5. The van der Waals surface area contributed by atoms with E-state index in [-0.39, 0.29) is 6.04 Å². The second-order valence-electron chi connectivity index (χ2n) is 4.04. The van der Waals surface area contributed by atoms with Crippen LogP contribution in [0.1, 0.15) is 31.4 Å². The molecule has 96 valence electrons. The van der Waals surface area contributed by atoms with Crippen molar-refractivity contribution in [1.29, 1.82) is 0 Å². The van der Waals surface area contributed by atoms with Crippen molar-refractivity contribution in [2.24, 2.45) is 0 Å². The van der Waals surface area contributed by atoms with Crippen LogP contribution in [0.4, 0.5) is 0 Å². The lowest BCUT2D eigenvalue weighted by molar-refractivity contribution is 0.131. The Balaban J connectivity index is 2.20. The average molecular weight is 256 g/mol. The molecule has 0 bridgehead atoms.